The van der Waals surface area contributed by atoms with Gasteiger partial charge in [0.25, 0.3) is 0 Å². The van der Waals surface area contributed by atoms with Crippen LogP contribution in [0.15, 0.2) is 0 Å². The smallest absolute Gasteiger partial charge is 0.0471 e. The van der Waals surface area contributed by atoms with Crippen molar-refractivity contribution in [2.45, 2.75) is 107 Å². The van der Waals surface area contributed by atoms with E-state index in [0.717, 1.165) is 23.7 Å². The van der Waals surface area contributed by atoms with Gasteiger partial charge in [-0.05, 0) is 23.7 Å². The van der Waals surface area contributed by atoms with Crippen LogP contribution >= 0.6 is 0 Å². The largest absolute Gasteiger partial charge is 0.0628 e. The highest BCUT2D eigenvalue weighted by atomic mass is 14.0. The van der Waals surface area contributed by atoms with Crippen LogP contribution in [0.3, 0.4) is 0 Å². The Hall–Kier alpha value is 0. The van der Waals surface area contributed by atoms with Gasteiger partial charge in [0.05, 0.1) is 0 Å². The van der Waals surface area contributed by atoms with E-state index in [2.05, 4.69) is 55.4 Å². The molecule has 0 saturated carbocycles. The molecule has 0 aromatic carbocycles. The first-order valence-electron chi connectivity index (χ1n) is 9.25. The molecule has 0 heterocycles. The average Bonchev–Trinajstić information content (AvgIpc) is 2.30. The van der Waals surface area contributed by atoms with Gasteiger partial charge in [-0.1, -0.05) is 107 Å². The second-order valence-corrected chi connectivity index (χ2v) is 8.14. The number of unbranched alkanes of at least 4 members (excludes halogenated alkanes) is 2. The minimum absolute atomic E-state index is 0.896. The predicted molar refractivity (Wildman–Crippen MR) is 96.3 cm³/mol. The molecule has 0 aliphatic heterocycles. The molecular weight excluding hydrogens is 240 g/mol. The molecule has 124 valence electrons. The lowest BCUT2D eigenvalue weighted by Gasteiger charge is -2.05. The van der Waals surface area contributed by atoms with Gasteiger partial charge in [-0.25, -0.2) is 0 Å². The van der Waals surface area contributed by atoms with Gasteiger partial charge < -0.3 is 0 Å². The molecule has 0 N–H and O–H groups in total. The van der Waals surface area contributed by atoms with Crippen LogP contribution in [0.1, 0.15) is 107 Å². The summed E-state index contributed by atoms with van der Waals surface area (Å²) in [6.07, 6.45) is 11.3. The molecule has 0 aliphatic carbocycles. The molecule has 0 heteroatoms. The minimum Gasteiger partial charge on any atom is -0.0628 e. The fourth-order valence-electron chi connectivity index (χ4n) is 2.21. The summed E-state index contributed by atoms with van der Waals surface area (Å²) >= 11 is 0. The van der Waals surface area contributed by atoms with Crippen molar-refractivity contribution in [1.29, 1.82) is 0 Å². The standard InChI is InChI=1S/2C10H22/c2*1-9(2)7-5-6-8-10(3)4/h2*9-10H,5-8H2,1-4H3. The van der Waals surface area contributed by atoms with Gasteiger partial charge in [0.2, 0.25) is 0 Å². The van der Waals surface area contributed by atoms with Crippen LogP contribution in [0.4, 0.5) is 0 Å². The molecule has 0 amide bonds. The van der Waals surface area contributed by atoms with Crippen molar-refractivity contribution >= 4 is 0 Å². The van der Waals surface area contributed by atoms with Crippen molar-refractivity contribution in [3.63, 3.8) is 0 Å². The zero-order chi connectivity index (χ0) is 16.0. The summed E-state index contributed by atoms with van der Waals surface area (Å²) in [5.41, 5.74) is 0. The summed E-state index contributed by atoms with van der Waals surface area (Å²) in [6.45, 7) is 18.4. The Morgan fingerprint density at radius 3 is 0.600 bits per heavy atom. The normalized spacial score (nSPS) is 11.4. The summed E-state index contributed by atoms with van der Waals surface area (Å²) in [4.78, 5) is 0. The van der Waals surface area contributed by atoms with Crippen molar-refractivity contribution in [2.24, 2.45) is 23.7 Å². The number of hydrogen-bond donors (Lipinski definition) is 0. The van der Waals surface area contributed by atoms with Gasteiger partial charge >= 0.3 is 0 Å². The van der Waals surface area contributed by atoms with E-state index in [9.17, 15) is 0 Å². The van der Waals surface area contributed by atoms with Crippen LogP contribution in [0.25, 0.3) is 0 Å². The highest BCUT2D eigenvalue weighted by molar-refractivity contribution is 4.50. The third-order valence-corrected chi connectivity index (χ3v) is 3.63. The fraction of sp³-hybridized carbons (Fsp3) is 1.00. The van der Waals surface area contributed by atoms with Crippen molar-refractivity contribution in [3.05, 3.63) is 0 Å². The summed E-state index contributed by atoms with van der Waals surface area (Å²) in [6, 6.07) is 0. The lowest BCUT2D eigenvalue weighted by Crippen LogP contribution is -1.90. The monoisotopic (exact) mass is 284 g/mol. The predicted octanol–water partition coefficient (Wildman–Crippen LogP) is 7.72. The Morgan fingerprint density at radius 2 is 0.500 bits per heavy atom. The van der Waals surface area contributed by atoms with Crippen molar-refractivity contribution < 1.29 is 0 Å². The van der Waals surface area contributed by atoms with E-state index in [1.54, 1.807) is 0 Å². The van der Waals surface area contributed by atoms with E-state index in [4.69, 9.17) is 0 Å². The molecule has 0 aromatic heterocycles. The lowest BCUT2D eigenvalue weighted by atomic mass is 10.0. The molecular formula is C20H44. The topological polar surface area (TPSA) is 0 Å². The Kier molecular flexibility index (Phi) is 17.1. The molecule has 0 atom stereocenters. The second-order valence-electron chi connectivity index (χ2n) is 8.14. The molecule has 0 rings (SSSR count). The van der Waals surface area contributed by atoms with Gasteiger partial charge in [-0.15, -0.1) is 0 Å². The van der Waals surface area contributed by atoms with Gasteiger partial charge in [0, 0.05) is 0 Å². The highest BCUT2D eigenvalue weighted by Crippen LogP contribution is 2.12. The van der Waals surface area contributed by atoms with E-state index in [1.807, 2.05) is 0 Å². The highest BCUT2D eigenvalue weighted by Gasteiger charge is 1.96. The summed E-state index contributed by atoms with van der Waals surface area (Å²) in [7, 11) is 0. The Bertz CT molecular complexity index is 125. The Labute approximate surface area is 131 Å². The van der Waals surface area contributed by atoms with Gasteiger partial charge in [-0.2, -0.15) is 0 Å². The van der Waals surface area contributed by atoms with Crippen LogP contribution in [0.5, 0.6) is 0 Å². The number of rotatable bonds is 10. The van der Waals surface area contributed by atoms with Gasteiger partial charge in [0.15, 0.2) is 0 Å². The van der Waals surface area contributed by atoms with Crippen LogP contribution in [-0.2, 0) is 0 Å². The molecule has 0 bridgehead atoms. The third-order valence-electron chi connectivity index (χ3n) is 3.63. The van der Waals surface area contributed by atoms with E-state index in [1.165, 1.54) is 51.4 Å². The van der Waals surface area contributed by atoms with Crippen molar-refractivity contribution in [2.75, 3.05) is 0 Å². The molecule has 0 nitrogen and oxygen atoms in total. The van der Waals surface area contributed by atoms with Crippen LogP contribution in [-0.4, -0.2) is 0 Å². The Balaban J connectivity index is 0. The maximum absolute atomic E-state index is 2.30. The lowest BCUT2D eigenvalue weighted by molar-refractivity contribution is 0.483. The molecule has 0 aromatic rings. The molecule has 0 aliphatic rings. The maximum atomic E-state index is 2.30. The van der Waals surface area contributed by atoms with Crippen LogP contribution in [0.2, 0.25) is 0 Å². The molecule has 0 spiro atoms. The molecule has 0 saturated heterocycles. The van der Waals surface area contributed by atoms with Crippen LogP contribution in [0, 0.1) is 23.7 Å². The second kappa shape index (κ2) is 15.4. The van der Waals surface area contributed by atoms with E-state index in [0.29, 0.717) is 0 Å². The summed E-state index contributed by atoms with van der Waals surface area (Å²) in [5, 5.41) is 0. The molecule has 0 fully saturated rings. The summed E-state index contributed by atoms with van der Waals surface area (Å²) < 4.78 is 0. The zero-order valence-electron chi connectivity index (χ0n) is 16.0. The average molecular weight is 285 g/mol. The van der Waals surface area contributed by atoms with E-state index < -0.39 is 0 Å². The van der Waals surface area contributed by atoms with Crippen molar-refractivity contribution in [1.82, 2.24) is 0 Å². The first kappa shape index (κ1) is 22.3. The van der Waals surface area contributed by atoms with Gasteiger partial charge in [0.1, 0.15) is 0 Å². The van der Waals surface area contributed by atoms with E-state index >= 15 is 0 Å². The quantitative estimate of drug-likeness (QED) is 0.360. The zero-order valence-corrected chi connectivity index (χ0v) is 16.0. The first-order chi connectivity index (χ1) is 9.25. The number of hydrogen-bond acceptors (Lipinski definition) is 0. The van der Waals surface area contributed by atoms with Crippen LogP contribution < -0.4 is 0 Å². The Morgan fingerprint density at radius 1 is 0.350 bits per heavy atom. The first-order valence-corrected chi connectivity index (χ1v) is 9.25. The molecule has 20 heavy (non-hydrogen) atoms. The minimum atomic E-state index is 0.896. The van der Waals surface area contributed by atoms with E-state index in [-0.39, 0.29) is 0 Å². The van der Waals surface area contributed by atoms with Gasteiger partial charge in [-0.3, -0.25) is 0 Å². The van der Waals surface area contributed by atoms with Crippen molar-refractivity contribution in [3.8, 4) is 0 Å². The summed E-state index contributed by atoms with van der Waals surface area (Å²) in [5.74, 6) is 3.58. The maximum Gasteiger partial charge on any atom is -0.0471 e. The fourth-order valence-corrected chi connectivity index (χ4v) is 2.21. The molecule has 0 radical (unpaired) electrons. The SMILES string of the molecule is CC(C)CCCCC(C)C.CC(C)CCCCC(C)C. The molecule has 0 unspecified atom stereocenters. The third kappa shape index (κ3) is 26.5.